The summed E-state index contributed by atoms with van der Waals surface area (Å²) in [5, 5.41) is 13.9. The highest BCUT2D eigenvalue weighted by molar-refractivity contribution is 5.92. The van der Waals surface area contributed by atoms with Gasteiger partial charge in [0, 0.05) is 19.5 Å². The zero-order valence-corrected chi connectivity index (χ0v) is 18.8. The summed E-state index contributed by atoms with van der Waals surface area (Å²) in [6.07, 6.45) is 2.77. The van der Waals surface area contributed by atoms with Gasteiger partial charge in [-0.05, 0) is 51.6 Å². The number of hydrogen-bond donors (Lipinski definition) is 6. The zero-order chi connectivity index (χ0) is 22.9. The number of primary amides is 1. The molecule has 0 saturated heterocycles. The Kier molecular flexibility index (Phi) is 15.1. The van der Waals surface area contributed by atoms with Crippen molar-refractivity contribution >= 4 is 23.8 Å². The molecule has 0 aliphatic rings. The van der Waals surface area contributed by atoms with Gasteiger partial charge in [-0.15, -0.1) is 0 Å². The van der Waals surface area contributed by atoms with Gasteiger partial charge in [0.2, 0.25) is 17.7 Å². The summed E-state index contributed by atoms with van der Waals surface area (Å²) < 4.78 is 0. The molecule has 0 aromatic heterocycles. The number of urea groups is 1. The van der Waals surface area contributed by atoms with Gasteiger partial charge >= 0.3 is 6.03 Å². The molecule has 0 saturated carbocycles. The maximum atomic E-state index is 12.8. The largest absolute Gasteiger partial charge is 0.355 e. The van der Waals surface area contributed by atoms with Crippen LogP contribution in [-0.2, 0) is 14.4 Å². The van der Waals surface area contributed by atoms with E-state index in [0.29, 0.717) is 32.4 Å². The Morgan fingerprint density at radius 3 is 2.10 bits per heavy atom. The number of hydrogen-bond acceptors (Lipinski definition) is 5. The number of unbranched alkanes of at least 4 members (excludes halogenated alkanes) is 1. The molecule has 0 fully saturated rings. The van der Waals surface area contributed by atoms with Crippen LogP contribution in [0.15, 0.2) is 0 Å². The summed E-state index contributed by atoms with van der Waals surface area (Å²) in [7, 11) is 0. The molecule has 0 aliphatic carbocycles. The van der Waals surface area contributed by atoms with Gasteiger partial charge in [-0.3, -0.25) is 14.4 Å². The normalized spacial score (nSPS) is 12.7. The summed E-state index contributed by atoms with van der Waals surface area (Å²) in [5.74, 6) is -1.02. The van der Waals surface area contributed by atoms with Crippen LogP contribution in [0.2, 0.25) is 0 Å². The number of rotatable bonds is 16. The highest BCUT2D eigenvalue weighted by Crippen LogP contribution is 2.06. The van der Waals surface area contributed by atoms with Gasteiger partial charge in [0.15, 0.2) is 0 Å². The van der Waals surface area contributed by atoms with Crippen LogP contribution in [-0.4, -0.2) is 62.0 Å². The molecule has 2 atom stereocenters. The van der Waals surface area contributed by atoms with E-state index in [1.54, 1.807) is 6.92 Å². The summed E-state index contributed by atoms with van der Waals surface area (Å²) in [6.45, 7) is 9.99. The van der Waals surface area contributed by atoms with Gasteiger partial charge in [0.05, 0.1) is 0 Å². The van der Waals surface area contributed by atoms with Crippen LogP contribution in [0.25, 0.3) is 0 Å². The van der Waals surface area contributed by atoms with Crippen molar-refractivity contribution in [1.29, 1.82) is 0 Å². The van der Waals surface area contributed by atoms with E-state index in [2.05, 4.69) is 26.6 Å². The van der Waals surface area contributed by atoms with Crippen LogP contribution in [0.1, 0.15) is 59.8 Å². The number of nitrogens with two attached hydrogens (primary N) is 1. The molecule has 5 amide bonds. The highest BCUT2D eigenvalue weighted by Gasteiger charge is 2.28. The molecule has 0 aromatic carbocycles. The van der Waals surface area contributed by atoms with Crippen LogP contribution in [0.5, 0.6) is 0 Å². The molecule has 0 bridgehead atoms. The first-order chi connectivity index (χ1) is 14.2. The molecule has 174 valence electrons. The van der Waals surface area contributed by atoms with E-state index in [9.17, 15) is 19.2 Å². The van der Waals surface area contributed by atoms with E-state index in [0.717, 1.165) is 25.9 Å². The van der Waals surface area contributed by atoms with Gasteiger partial charge < -0.3 is 32.3 Å². The summed E-state index contributed by atoms with van der Waals surface area (Å²) in [4.78, 5) is 48.1. The van der Waals surface area contributed by atoms with Gasteiger partial charge in [0.25, 0.3) is 0 Å². The second-order valence-electron chi connectivity index (χ2n) is 7.49. The average Bonchev–Trinajstić information content (AvgIpc) is 2.67. The predicted octanol–water partition coefficient (Wildman–Crippen LogP) is -0.0236. The quantitative estimate of drug-likeness (QED) is 0.191. The number of carbonyl (C=O) groups excluding carboxylic acids is 4. The monoisotopic (exact) mass is 428 g/mol. The Bertz CT molecular complexity index is 541. The molecule has 0 heterocycles. The standard InChI is InChI=1S/C20H40N6O4/c1-5-22-12-8-7-11-16(27)26-17(14(3)4)19(29)25-15(18(28)23-6-2)10-9-13-24-20(21)30/h14-15,17,22H,5-13H2,1-4H3,(H,23,28)(H,25,29)(H,26,27)(H3,21,24,30)/t15-,17-/m0/s1. The Hall–Kier alpha value is -2.36. The van der Waals surface area contributed by atoms with Crippen molar-refractivity contribution in [2.45, 2.75) is 71.9 Å². The van der Waals surface area contributed by atoms with E-state index in [1.807, 2.05) is 20.8 Å². The summed E-state index contributed by atoms with van der Waals surface area (Å²) in [5.41, 5.74) is 5.03. The Balaban J connectivity index is 4.78. The van der Waals surface area contributed by atoms with E-state index in [-0.39, 0.29) is 17.7 Å². The van der Waals surface area contributed by atoms with Crippen LogP contribution in [0.4, 0.5) is 4.79 Å². The molecule has 10 heteroatoms. The molecule has 30 heavy (non-hydrogen) atoms. The fourth-order valence-corrected chi connectivity index (χ4v) is 2.84. The average molecular weight is 429 g/mol. The first kappa shape index (κ1) is 27.6. The fraction of sp³-hybridized carbons (Fsp3) is 0.800. The van der Waals surface area contributed by atoms with Crippen LogP contribution in [0, 0.1) is 5.92 Å². The number of amides is 5. The van der Waals surface area contributed by atoms with Crippen molar-refractivity contribution in [3.05, 3.63) is 0 Å². The van der Waals surface area contributed by atoms with Crippen molar-refractivity contribution in [3.8, 4) is 0 Å². The Morgan fingerprint density at radius 1 is 0.833 bits per heavy atom. The fourth-order valence-electron chi connectivity index (χ4n) is 2.84. The molecular formula is C20H40N6O4. The van der Waals surface area contributed by atoms with Crippen LogP contribution >= 0.6 is 0 Å². The second-order valence-corrected chi connectivity index (χ2v) is 7.49. The number of likely N-dealkylation sites (N-methyl/N-ethyl adjacent to an activating group) is 1. The lowest BCUT2D eigenvalue weighted by Crippen LogP contribution is -2.55. The van der Waals surface area contributed by atoms with E-state index in [1.165, 1.54) is 0 Å². The van der Waals surface area contributed by atoms with Gasteiger partial charge in [-0.1, -0.05) is 20.8 Å². The van der Waals surface area contributed by atoms with Gasteiger partial charge in [0.1, 0.15) is 12.1 Å². The lowest BCUT2D eigenvalue weighted by atomic mass is 10.0. The molecule has 7 N–H and O–H groups in total. The Morgan fingerprint density at radius 2 is 1.53 bits per heavy atom. The summed E-state index contributed by atoms with van der Waals surface area (Å²) >= 11 is 0. The van der Waals surface area contributed by atoms with E-state index in [4.69, 9.17) is 5.73 Å². The number of carbonyl (C=O) groups is 4. The Labute approximate surface area is 179 Å². The van der Waals surface area contributed by atoms with Crippen molar-refractivity contribution in [2.24, 2.45) is 11.7 Å². The zero-order valence-electron chi connectivity index (χ0n) is 18.8. The van der Waals surface area contributed by atoms with Crippen LogP contribution in [0.3, 0.4) is 0 Å². The van der Waals surface area contributed by atoms with Crippen molar-refractivity contribution in [2.75, 3.05) is 26.2 Å². The topological polar surface area (TPSA) is 154 Å². The molecule has 0 aliphatic heterocycles. The van der Waals surface area contributed by atoms with Crippen molar-refractivity contribution in [1.82, 2.24) is 26.6 Å². The maximum absolute atomic E-state index is 12.8. The minimum atomic E-state index is -0.759. The minimum Gasteiger partial charge on any atom is -0.355 e. The lowest BCUT2D eigenvalue weighted by molar-refractivity contribution is -0.133. The molecular weight excluding hydrogens is 388 g/mol. The molecule has 10 nitrogen and oxygen atoms in total. The first-order valence-corrected chi connectivity index (χ1v) is 10.8. The third kappa shape index (κ3) is 13.0. The number of nitrogens with one attached hydrogen (secondary N) is 5. The van der Waals surface area contributed by atoms with Gasteiger partial charge in [-0.2, -0.15) is 0 Å². The molecule has 0 unspecified atom stereocenters. The van der Waals surface area contributed by atoms with E-state index >= 15 is 0 Å². The highest BCUT2D eigenvalue weighted by atomic mass is 16.2. The molecule has 0 rings (SSSR count). The van der Waals surface area contributed by atoms with Crippen molar-refractivity contribution in [3.63, 3.8) is 0 Å². The lowest BCUT2D eigenvalue weighted by Gasteiger charge is -2.25. The maximum Gasteiger partial charge on any atom is 0.312 e. The van der Waals surface area contributed by atoms with E-state index < -0.39 is 24.0 Å². The SMILES string of the molecule is CCNCCCCC(=O)N[C@H](C(=O)N[C@@H](CCCNC(N)=O)C(=O)NCC)C(C)C. The minimum absolute atomic E-state index is 0.137. The molecule has 0 spiro atoms. The molecule has 0 radical (unpaired) electrons. The second kappa shape index (κ2) is 16.4. The summed E-state index contributed by atoms with van der Waals surface area (Å²) in [6, 6.07) is -2.13. The first-order valence-electron chi connectivity index (χ1n) is 10.8. The van der Waals surface area contributed by atoms with Crippen molar-refractivity contribution < 1.29 is 19.2 Å². The molecule has 0 aromatic rings. The smallest absolute Gasteiger partial charge is 0.312 e. The van der Waals surface area contributed by atoms with Gasteiger partial charge in [-0.25, -0.2) is 4.79 Å². The third-order valence-electron chi connectivity index (χ3n) is 4.48. The third-order valence-corrected chi connectivity index (χ3v) is 4.48. The predicted molar refractivity (Wildman–Crippen MR) is 117 cm³/mol. The van der Waals surface area contributed by atoms with Crippen LogP contribution < -0.4 is 32.3 Å².